The number of fused-ring (bicyclic) bond motifs is 2. The van der Waals surface area contributed by atoms with Crippen molar-refractivity contribution in [2.75, 3.05) is 5.32 Å². The first-order valence-corrected chi connectivity index (χ1v) is 14.3. The van der Waals surface area contributed by atoms with Gasteiger partial charge in [0.1, 0.15) is 5.00 Å². The average molecular weight is 567 g/mol. The molecule has 4 aromatic rings. The number of amides is 2. The highest BCUT2D eigenvalue weighted by Gasteiger charge is 2.35. The van der Waals surface area contributed by atoms with Crippen LogP contribution in [-0.4, -0.2) is 16.8 Å². The molecule has 8 heteroatoms. The highest BCUT2D eigenvalue weighted by Crippen LogP contribution is 2.45. The van der Waals surface area contributed by atoms with Crippen molar-refractivity contribution in [2.45, 2.75) is 46.5 Å². The number of benzene rings is 2. The number of carbonyl (C=O) groups excluding carboxylic acids is 2. The van der Waals surface area contributed by atoms with E-state index in [0.717, 1.165) is 36.1 Å². The highest BCUT2D eigenvalue weighted by molar-refractivity contribution is 7.17. The molecule has 5 nitrogen and oxygen atoms in total. The van der Waals surface area contributed by atoms with Crippen LogP contribution in [0.2, 0.25) is 10.0 Å². The van der Waals surface area contributed by atoms with Gasteiger partial charge in [0.25, 0.3) is 11.8 Å². The number of anilines is 1. The molecule has 2 amide bonds. The quantitative estimate of drug-likeness (QED) is 0.247. The zero-order valence-electron chi connectivity index (χ0n) is 21.5. The topological polar surface area (TPSA) is 85.1 Å². The lowest BCUT2D eigenvalue weighted by Crippen LogP contribution is -2.29. The van der Waals surface area contributed by atoms with Crippen LogP contribution in [0.15, 0.2) is 48.5 Å². The van der Waals surface area contributed by atoms with Crippen LogP contribution in [-0.2, 0) is 12.8 Å². The Kier molecular flexibility index (Phi) is 7.25. The second-order valence-corrected chi connectivity index (χ2v) is 12.5. The third-order valence-electron chi connectivity index (χ3n) is 7.92. The number of aromatic nitrogens is 1. The third kappa shape index (κ3) is 4.93. The Balaban J connectivity index is 1.55. The van der Waals surface area contributed by atoms with E-state index in [1.165, 1.54) is 11.3 Å². The molecule has 2 aromatic carbocycles. The molecular formula is C30H29Cl2N3O2S. The fraction of sp³-hybridized carbons (Fsp3) is 0.300. The summed E-state index contributed by atoms with van der Waals surface area (Å²) in [6.07, 6.45) is 3.75. The van der Waals surface area contributed by atoms with E-state index >= 15 is 0 Å². The van der Waals surface area contributed by atoms with Gasteiger partial charge in [-0.05, 0) is 66.5 Å². The van der Waals surface area contributed by atoms with Gasteiger partial charge in [-0.2, -0.15) is 0 Å². The van der Waals surface area contributed by atoms with E-state index in [4.69, 9.17) is 33.9 Å². The van der Waals surface area contributed by atoms with Crippen LogP contribution in [0, 0.1) is 11.3 Å². The number of hydrogen-bond donors (Lipinski definition) is 2. The Morgan fingerprint density at radius 3 is 2.63 bits per heavy atom. The Bertz CT molecular complexity index is 1580. The van der Waals surface area contributed by atoms with Crippen molar-refractivity contribution in [3.8, 4) is 11.3 Å². The van der Waals surface area contributed by atoms with Gasteiger partial charge in [-0.15, -0.1) is 11.3 Å². The van der Waals surface area contributed by atoms with Crippen LogP contribution < -0.4 is 11.1 Å². The summed E-state index contributed by atoms with van der Waals surface area (Å²) >= 11 is 14.0. The van der Waals surface area contributed by atoms with E-state index in [-0.39, 0.29) is 11.3 Å². The molecule has 1 aliphatic rings. The molecule has 1 unspecified atom stereocenters. The van der Waals surface area contributed by atoms with Gasteiger partial charge in [-0.1, -0.05) is 68.6 Å². The van der Waals surface area contributed by atoms with Gasteiger partial charge in [0.15, 0.2) is 0 Å². The summed E-state index contributed by atoms with van der Waals surface area (Å²) in [6.45, 7) is 6.81. The van der Waals surface area contributed by atoms with Crippen molar-refractivity contribution in [2.24, 2.45) is 17.1 Å². The molecule has 0 saturated carbocycles. The number of halogens is 2. The highest BCUT2D eigenvalue weighted by atomic mass is 35.5. The van der Waals surface area contributed by atoms with Gasteiger partial charge < -0.3 is 11.1 Å². The monoisotopic (exact) mass is 565 g/mol. The van der Waals surface area contributed by atoms with E-state index < -0.39 is 5.91 Å². The zero-order chi connectivity index (χ0) is 27.2. The molecule has 38 heavy (non-hydrogen) atoms. The minimum Gasteiger partial charge on any atom is -0.365 e. The summed E-state index contributed by atoms with van der Waals surface area (Å²) in [7, 11) is 0. The van der Waals surface area contributed by atoms with Crippen molar-refractivity contribution in [3.63, 3.8) is 0 Å². The Morgan fingerprint density at radius 2 is 1.92 bits per heavy atom. The molecule has 196 valence electrons. The van der Waals surface area contributed by atoms with Crippen LogP contribution in [0.4, 0.5) is 5.00 Å². The molecule has 3 N–H and O–H groups in total. The van der Waals surface area contributed by atoms with Crippen molar-refractivity contribution in [1.82, 2.24) is 4.98 Å². The average Bonchev–Trinajstić information content (AvgIpc) is 3.25. The standard InChI is InChI=1S/C30H29Cl2N3O2S/c1-4-30(2,3)16-9-11-20-25(13-16)38-29(26(20)27(33)36)35-28(37)21-15-24(19-12-10-17(31)14-22(19)32)34-23-8-6-5-7-18(21)23/h5-8,10,12,14-16H,4,9,11,13H2,1-3H3,(H2,33,36)(H,35,37). The molecule has 2 aromatic heterocycles. The number of thiophene rings is 1. The number of carbonyl (C=O) groups is 2. The fourth-order valence-corrected chi connectivity index (χ4v) is 7.09. The first-order chi connectivity index (χ1) is 18.1. The number of para-hydroxylation sites is 1. The van der Waals surface area contributed by atoms with Gasteiger partial charge in [-0.3, -0.25) is 9.59 Å². The Hall–Kier alpha value is -2.93. The molecule has 0 radical (unpaired) electrons. The first-order valence-electron chi connectivity index (χ1n) is 12.7. The molecule has 0 aliphatic heterocycles. The van der Waals surface area contributed by atoms with Crippen molar-refractivity contribution in [3.05, 3.63) is 80.1 Å². The van der Waals surface area contributed by atoms with Crippen molar-refractivity contribution >= 4 is 62.3 Å². The molecule has 0 saturated heterocycles. The van der Waals surface area contributed by atoms with Crippen LogP contribution in [0.3, 0.4) is 0 Å². The maximum absolute atomic E-state index is 13.8. The summed E-state index contributed by atoms with van der Waals surface area (Å²) in [4.78, 5) is 32.2. The molecule has 2 heterocycles. The summed E-state index contributed by atoms with van der Waals surface area (Å²) in [5.41, 5.74) is 9.78. The molecule has 5 rings (SSSR count). The van der Waals surface area contributed by atoms with E-state index in [0.29, 0.717) is 54.3 Å². The SMILES string of the molecule is CCC(C)(C)C1CCc2c(sc(NC(=O)c3cc(-c4ccc(Cl)cc4Cl)nc4ccccc34)c2C(N)=O)C1. The second-order valence-electron chi connectivity index (χ2n) is 10.5. The summed E-state index contributed by atoms with van der Waals surface area (Å²) in [5.74, 6) is -0.334. The van der Waals surface area contributed by atoms with Crippen LogP contribution in [0.5, 0.6) is 0 Å². The van der Waals surface area contributed by atoms with Gasteiger partial charge in [0.05, 0.1) is 27.4 Å². The first kappa shape index (κ1) is 26.7. The molecule has 1 aliphatic carbocycles. The lowest BCUT2D eigenvalue weighted by atomic mass is 9.69. The lowest BCUT2D eigenvalue weighted by molar-refractivity contribution is 0.0999. The maximum atomic E-state index is 13.8. The van der Waals surface area contributed by atoms with Crippen LogP contribution >= 0.6 is 34.5 Å². The number of nitrogens with one attached hydrogen (secondary N) is 1. The number of hydrogen-bond acceptors (Lipinski definition) is 4. The minimum atomic E-state index is -0.515. The predicted molar refractivity (Wildman–Crippen MR) is 158 cm³/mol. The predicted octanol–water partition coefficient (Wildman–Crippen LogP) is 8.16. The fourth-order valence-electron chi connectivity index (χ4n) is 5.26. The molecule has 1 atom stereocenters. The van der Waals surface area contributed by atoms with Gasteiger partial charge in [0.2, 0.25) is 0 Å². The smallest absolute Gasteiger partial charge is 0.257 e. The molecular weight excluding hydrogens is 537 g/mol. The molecule has 0 bridgehead atoms. The number of nitrogens with two attached hydrogens (primary N) is 1. The summed E-state index contributed by atoms with van der Waals surface area (Å²) in [6, 6.07) is 14.4. The van der Waals surface area contributed by atoms with Crippen molar-refractivity contribution < 1.29 is 9.59 Å². The second kappa shape index (κ2) is 10.3. The van der Waals surface area contributed by atoms with Crippen LogP contribution in [0.1, 0.15) is 64.8 Å². The van der Waals surface area contributed by atoms with Crippen molar-refractivity contribution in [1.29, 1.82) is 0 Å². The largest absolute Gasteiger partial charge is 0.365 e. The number of rotatable bonds is 6. The number of pyridine rings is 1. The number of nitrogens with zero attached hydrogens (tertiary/aromatic N) is 1. The minimum absolute atomic E-state index is 0.202. The van der Waals surface area contributed by atoms with E-state index in [2.05, 4.69) is 26.1 Å². The molecule has 0 spiro atoms. The number of primary amides is 1. The zero-order valence-corrected chi connectivity index (χ0v) is 23.9. The van der Waals surface area contributed by atoms with E-state index in [1.54, 1.807) is 24.3 Å². The van der Waals surface area contributed by atoms with Crippen LogP contribution in [0.25, 0.3) is 22.2 Å². The van der Waals surface area contributed by atoms with Gasteiger partial charge in [-0.25, -0.2) is 4.98 Å². The molecule has 0 fully saturated rings. The summed E-state index contributed by atoms with van der Waals surface area (Å²) in [5, 5.41) is 5.19. The summed E-state index contributed by atoms with van der Waals surface area (Å²) < 4.78 is 0. The van der Waals surface area contributed by atoms with E-state index in [1.807, 2.05) is 24.3 Å². The van der Waals surface area contributed by atoms with Gasteiger partial charge in [0, 0.05) is 20.8 Å². The third-order valence-corrected chi connectivity index (χ3v) is 9.64. The van der Waals surface area contributed by atoms with Gasteiger partial charge >= 0.3 is 0 Å². The van der Waals surface area contributed by atoms with E-state index in [9.17, 15) is 9.59 Å². The lowest BCUT2D eigenvalue weighted by Gasteiger charge is -2.36. The normalized spacial score (nSPS) is 15.3. The Morgan fingerprint density at radius 1 is 1.16 bits per heavy atom. The maximum Gasteiger partial charge on any atom is 0.257 e. The Labute approximate surface area is 236 Å².